The minimum Gasteiger partial charge on any atom is -0.453 e. The van der Waals surface area contributed by atoms with Crippen LogP contribution in [-0.2, 0) is 14.3 Å². The Morgan fingerprint density at radius 3 is 2.32 bits per heavy atom. The van der Waals surface area contributed by atoms with Crippen LogP contribution in [0.1, 0.15) is 10.4 Å². The molecular weight excluding hydrogens is 504 g/mol. The zero-order chi connectivity index (χ0) is 27.2. The number of nitrogens with zero attached hydrogens (tertiary/aromatic N) is 3. The van der Waals surface area contributed by atoms with Gasteiger partial charge in [0.2, 0.25) is 5.91 Å². The third kappa shape index (κ3) is 6.10. The number of anilines is 2. The Labute approximate surface area is 217 Å². The number of ether oxygens (including phenoxy) is 2. The zero-order valence-corrected chi connectivity index (χ0v) is 20.6. The van der Waals surface area contributed by atoms with Gasteiger partial charge in [-0.2, -0.15) is 0 Å². The second-order valence-electron chi connectivity index (χ2n) is 8.66. The van der Waals surface area contributed by atoms with E-state index in [1.54, 1.807) is 30.3 Å². The van der Waals surface area contributed by atoms with Crippen LogP contribution in [0.3, 0.4) is 0 Å². The van der Waals surface area contributed by atoms with Crippen LogP contribution in [-0.4, -0.2) is 87.9 Å². The SMILES string of the molecule is COC(=O)NCC1CN(c2cc(F)c(N3CCN(C(=O)CNC(=O)c4ccccc4)CC3)c(F)c2)C(=O)O1. The average Bonchev–Trinajstić information content (AvgIpc) is 3.30. The van der Waals surface area contributed by atoms with Crippen LogP contribution in [0.2, 0.25) is 0 Å². The highest BCUT2D eigenvalue weighted by atomic mass is 19.1. The summed E-state index contributed by atoms with van der Waals surface area (Å²) < 4.78 is 39.7. The van der Waals surface area contributed by atoms with E-state index >= 15 is 8.78 Å². The molecule has 13 heteroatoms. The summed E-state index contributed by atoms with van der Waals surface area (Å²) in [5, 5.41) is 4.99. The number of hydrogen-bond acceptors (Lipinski definition) is 7. The van der Waals surface area contributed by atoms with Gasteiger partial charge in [0.15, 0.2) is 11.6 Å². The van der Waals surface area contributed by atoms with Crippen LogP contribution in [0.5, 0.6) is 0 Å². The van der Waals surface area contributed by atoms with Crippen LogP contribution >= 0.6 is 0 Å². The molecule has 4 amide bonds. The van der Waals surface area contributed by atoms with Gasteiger partial charge in [-0.3, -0.25) is 14.5 Å². The molecule has 1 atom stereocenters. The number of halogens is 2. The van der Waals surface area contributed by atoms with Gasteiger partial charge in [0.25, 0.3) is 5.91 Å². The molecule has 0 aliphatic carbocycles. The number of methoxy groups -OCH3 is 1. The minimum absolute atomic E-state index is 0.0113. The first kappa shape index (κ1) is 26.6. The highest BCUT2D eigenvalue weighted by Crippen LogP contribution is 2.31. The quantitative estimate of drug-likeness (QED) is 0.558. The molecule has 2 aromatic carbocycles. The smallest absolute Gasteiger partial charge is 0.414 e. The lowest BCUT2D eigenvalue weighted by atomic mass is 10.2. The molecule has 1 unspecified atom stereocenters. The summed E-state index contributed by atoms with van der Waals surface area (Å²) in [6, 6.07) is 10.6. The fraction of sp³-hybridized carbons (Fsp3) is 0.360. The van der Waals surface area contributed by atoms with E-state index in [2.05, 4.69) is 15.4 Å². The molecule has 38 heavy (non-hydrogen) atoms. The Kier molecular flexibility index (Phi) is 8.24. The van der Waals surface area contributed by atoms with E-state index in [0.29, 0.717) is 5.56 Å². The molecule has 2 N–H and O–H groups in total. The maximum absolute atomic E-state index is 15.0. The van der Waals surface area contributed by atoms with Crippen molar-refractivity contribution >= 4 is 35.4 Å². The summed E-state index contributed by atoms with van der Waals surface area (Å²) in [6.45, 7) is 0.575. The first-order valence-corrected chi connectivity index (χ1v) is 11.9. The molecule has 4 rings (SSSR count). The highest BCUT2D eigenvalue weighted by Gasteiger charge is 2.34. The number of hydrogen-bond donors (Lipinski definition) is 2. The largest absolute Gasteiger partial charge is 0.453 e. The van der Waals surface area contributed by atoms with Gasteiger partial charge in [0.1, 0.15) is 11.8 Å². The third-order valence-electron chi connectivity index (χ3n) is 6.23. The summed E-state index contributed by atoms with van der Waals surface area (Å²) in [5.74, 6) is -2.39. The molecule has 2 saturated heterocycles. The lowest BCUT2D eigenvalue weighted by Crippen LogP contribution is -2.51. The molecule has 0 bridgehead atoms. The monoisotopic (exact) mass is 531 g/mol. The van der Waals surface area contributed by atoms with Crippen LogP contribution in [0, 0.1) is 11.6 Å². The fourth-order valence-electron chi connectivity index (χ4n) is 4.26. The standard InChI is InChI=1S/C25H27F2N5O6/c1-37-24(35)29-13-18-15-32(25(36)38-18)17-11-19(26)22(20(27)12-17)31-9-7-30(8-10-31)21(33)14-28-23(34)16-5-3-2-4-6-16/h2-6,11-12,18H,7-10,13-15H2,1H3,(H,28,34)(H,29,35). The van der Waals surface area contributed by atoms with Crippen molar-refractivity contribution in [3.8, 4) is 0 Å². The minimum atomic E-state index is -0.862. The molecule has 2 heterocycles. The summed E-state index contributed by atoms with van der Waals surface area (Å²) in [7, 11) is 1.19. The number of alkyl carbamates (subject to hydrolysis) is 1. The first-order valence-electron chi connectivity index (χ1n) is 11.9. The molecule has 202 valence electrons. The number of carbonyl (C=O) groups excluding carboxylic acids is 4. The van der Waals surface area contributed by atoms with Gasteiger partial charge in [-0.15, -0.1) is 0 Å². The number of amides is 4. The van der Waals surface area contributed by atoms with Gasteiger partial charge in [-0.1, -0.05) is 18.2 Å². The maximum atomic E-state index is 15.0. The van der Waals surface area contributed by atoms with E-state index in [1.165, 1.54) is 16.9 Å². The number of cyclic esters (lactones) is 1. The Hall–Kier alpha value is -4.42. The van der Waals surface area contributed by atoms with Crippen LogP contribution in [0.15, 0.2) is 42.5 Å². The molecule has 0 saturated carbocycles. The third-order valence-corrected chi connectivity index (χ3v) is 6.23. The summed E-state index contributed by atoms with van der Waals surface area (Å²) >= 11 is 0. The fourth-order valence-corrected chi connectivity index (χ4v) is 4.26. The van der Waals surface area contributed by atoms with E-state index in [0.717, 1.165) is 17.0 Å². The predicted octanol–water partition coefficient (Wildman–Crippen LogP) is 1.72. The molecule has 0 radical (unpaired) electrons. The van der Waals surface area contributed by atoms with E-state index in [1.807, 2.05) is 0 Å². The van der Waals surface area contributed by atoms with Crippen molar-refractivity contribution in [2.24, 2.45) is 0 Å². The molecule has 0 aromatic heterocycles. The molecule has 2 aliphatic heterocycles. The van der Waals surface area contributed by atoms with Gasteiger partial charge < -0.3 is 29.9 Å². The molecule has 11 nitrogen and oxygen atoms in total. The van der Waals surface area contributed by atoms with E-state index in [9.17, 15) is 19.2 Å². The molecule has 2 aromatic rings. The second-order valence-corrected chi connectivity index (χ2v) is 8.66. The van der Waals surface area contributed by atoms with Crippen molar-refractivity contribution in [1.82, 2.24) is 15.5 Å². The van der Waals surface area contributed by atoms with Crippen molar-refractivity contribution in [3.05, 3.63) is 59.7 Å². The van der Waals surface area contributed by atoms with E-state index in [4.69, 9.17) is 4.74 Å². The number of benzene rings is 2. The maximum Gasteiger partial charge on any atom is 0.414 e. The Morgan fingerprint density at radius 2 is 1.68 bits per heavy atom. The van der Waals surface area contributed by atoms with Gasteiger partial charge in [-0.25, -0.2) is 18.4 Å². The second kappa shape index (κ2) is 11.8. The summed E-state index contributed by atoms with van der Waals surface area (Å²) in [4.78, 5) is 52.2. The Morgan fingerprint density at radius 1 is 1.03 bits per heavy atom. The number of piperazine rings is 1. The van der Waals surface area contributed by atoms with Crippen molar-refractivity contribution in [2.45, 2.75) is 6.10 Å². The van der Waals surface area contributed by atoms with Gasteiger partial charge in [0.05, 0.1) is 32.4 Å². The summed E-state index contributed by atoms with van der Waals surface area (Å²) in [6.07, 6.45) is -2.20. The van der Waals surface area contributed by atoms with Gasteiger partial charge in [0, 0.05) is 43.9 Å². The highest BCUT2D eigenvalue weighted by molar-refractivity contribution is 5.96. The van der Waals surface area contributed by atoms with Crippen molar-refractivity contribution in [3.63, 3.8) is 0 Å². The zero-order valence-electron chi connectivity index (χ0n) is 20.6. The van der Waals surface area contributed by atoms with Gasteiger partial charge in [-0.05, 0) is 12.1 Å². The summed E-state index contributed by atoms with van der Waals surface area (Å²) in [5.41, 5.74) is 0.169. The molecule has 2 aliphatic rings. The van der Waals surface area contributed by atoms with Gasteiger partial charge >= 0.3 is 12.2 Å². The molecular formula is C25H27F2N5O6. The van der Waals surface area contributed by atoms with Crippen LogP contribution < -0.4 is 20.4 Å². The number of carbonyl (C=O) groups is 4. The molecule has 2 fully saturated rings. The lowest BCUT2D eigenvalue weighted by Gasteiger charge is -2.36. The van der Waals surface area contributed by atoms with Crippen molar-refractivity contribution in [2.75, 3.05) is 62.7 Å². The Balaban J connectivity index is 1.32. The van der Waals surface area contributed by atoms with E-state index < -0.39 is 29.9 Å². The molecule has 0 spiro atoms. The predicted molar refractivity (Wildman–Crippen MR) is 132 cm³/mol. The number of nitrogens with one attached hydrogen (secondary N) is 2. The lowest BCUT2D eigenvalue weighted by molar-refractivity contribution is -0.130. The Bertz CT molecular complexity index is 1180. The first-order chi connectivity index (χ1) is 18.3. The number of rotatable bonds is 7. The average molecular weight is 532 g/mol. The topological polar surface area (TPSA) is 121 Å². The van der Waals surface area contributed by atoms with Crippen molar-refractivity contribution in [1.29, 1.82) is 0 Å². The van der Waals surface area contributed by atoms with E-state index in [-0.39, 0.29) is 69.0 Å². The van der Waals surface area contributed by atoms with Crippen LogP contribution in [0.25, 0.3) is 0 Å². The van der Waals surface area contributed by atoms with Crippen molar-refractivity contribution < 1.29 is 37.4 Å². The van der Waals surface area contributed by atoms with Crippen LogP contribution in [0.4, 0.5) is 29.7 Å². The normalized spacial score (nSPS) is 17.2.